The van der Waals surface area contributed by atoms with Crippen molar-refractivity contribution in [2.45, 2.75) is 52.3 Å². The Morgan fingerprint density at radius 1 is 1.19 bits per heavy atom. The summed E-state index contributed by atoms with van der Waals surface area (Å²) in [5.74, 6) is 1.22. The van der Waals surface area contributed by atoms with E-state index in [1.807, 2.05) is 31.2 Å². The molecule has 0 radical (unpaired) electrons. The molecule has 0 saturated carbocycles. The van der Waals surface area contributed by atoms with E-state index in [0.717, 1.165) is 11.4 Å². The van der Waals surface area contributed by atoms with Gasteiger partial charge in [0.1, 0.15) is 5.75 Å². The molecule has 0 aromatic heterocycles. The van der Waals surface area contributed by atoms with Crippen LogP contribution in [-0.2, 0) is 0 Å². The van der Waals surface area contributed by atoms with Crippen LogP contribution in [0.1, 0.15) is 40.0 Å². The molecule has 5 heteroatoms. The second-order valence-electron chi connectivity index (χ2n) is 5.79. The van der Waals surface area contributed by atoms with Crippen LogP contribution in [0, 0.1) is 5.92 Å². The highest BCUT2D eigenvalue weighted by Crippen LogP contribution is 2.24. The molecule has 1 atom stereocenters. The van der Waals surface area contributed by atoms with Crippen molar-refractivity contribution in [2.24, 2.45) is 5.92 Å². The molecule has 120 valence electrons. The van der Waals surface area contributed by atoms with Crippen molar-refractivity contribution in [3.8, 4) is 5.75 Å². The van der Waals surface area contributed by atoms with E-state index in [4.69, 9.17) is 4.74 Å². The Labute approximate surface area is 124 Å². The molecule has 0 aliphatic heterocycles. The van der Waals surface area contributed by atoms with Crippen molar-refractivity contribution in [1.29, 1.82) is 0 Å². The minimum atomic E-state index is -4.07. The van der Waals surface area contributed by atoms with Crippen LogP contribution in [0.4, 0.5) is 18.9 Å². The minimum Gasteiger partial charge on any atom is -0.493 e. The van der Waals surface area contributed by atoms with Crippen LogP contribution in [0.5, 0.6) is 5.75 Å². The first-order valence-electron chi connectivity index (χ1n) is 7.32. The summed E-state index contributed by atoms with van der Waals surface area (Å²) in [4.78, 5) is 0. The van der Waals surface area contributed by atoms with Crippen LogP contribution in [0.25, 0.3) is 0 Å². The Morgan fingerprint density at radius 3 is 2.52 bits per heavy atom. The van der Waals surface area contributed by atoms with E-state index in [-0.39, 0.29) is 12.5 Å². The number of hydrogen-bond donors (Lipinski definition) is 1. The average Bonchev–Trinajstić information content (AvgIpc) is 2.35. The van der Waals surface area contributed by atoms with Gasteiger partial charge in [-0.15, -0.1) is 0 Å². The molecule has 0 aliphatic rings. The summed E-state index contributed by atoms with van der Waals surface area (Å²) in [6.07, 6.45) is -4.17. The Bertz CT molecular complexity index is 418. The molecule has 1 aromatic rings. The molecule has 1 unspecified atom stereocenters. The van der Waals surface area contributed by atoms with Gasteiger partial charge in [-0.3, -0.25) is 0 Å². The molecule has 0 heterocycles. The predicted molar refractivity (Wildman–Crippen MR) is 79.8 cm³/mol. The second kappa shape index (κ2) is 8.15. The Kier molecular flexibility index (Phi) is 6.85. The Morgan fingerprint density at radius 2 is 1.90 bits per heavy atom. The molecule has 1 aromatic carbocycles. The van der Waals surface area contributed by atoms with Gasteiger partial charge < -0.3 is 10.1 Å². The molecule has 1 N–H and O–H groups in total. The van der Waals surface area contributed by atoms with E-state index in [1.165, 1.54) is 0 Å². The third-order valence-corrected chi connectivity index (χ3v) is 2.93. The number of ether oxygens (including phenoxy) is 1. The third-order valence-electron chi connectivity index (χ3n) is 2.93. The van der Waals surface area contributed by atoms with E-state index in [9.17, 15) is 13.2 Å². The molecule has 0 amide bonds. The molecule has 0 spiro atoms. The van der Waals surface area contributed by atoms with Crippen molar-refractivity contribution in [3.05, 3.63) is 24.3 Å². The largest absolute Gasteiger partial charge is 0.493 e. The predicted octanol–water partition coefficient (Wildman–Crippen LogP) is 5.25. The molecule has 0 aliphatic carbocycles. The first-order chi connectivity index (χ1) is 9.76. The normalized spacial score (nSPS) is 13.3. The maximum atomic E-state index is 12.1. The maximum Gasteiger partial charge on any atom is 0.389 e. The van der Waals surface area contributed by atoms with Gasteiger partial charge in [-0.1, -0.05) is 19.9 Å². The van der Waals surface area contributed by atoms with E-state index < -0.39 is 12.6 Å². The molecule has 0 saturated heterocycles. The fourth-order valence-electron chi connectivity index (χ4n) is 1.90. The molecule has 0 bridgehead atoms. The van der Waals surface area contributed by atoms with Crippen molar-refractivity contribution in [3.63, 3.8) is 0 Å². The summed E-state index contributed by atoms with van der Waals surface area (Å²) in [7, 11) is 0. The van der Waals surface area contributed by atoms with E-state index in [2.05, 4.69) is 19.2 Å². The summed E-state index contributed by atoms with van der Waals surface area (Å²) < 4.78 is 41.9. The summed E-state index contributed by atoms with van der Waals surface area (Å²) in [5, 5.41) is 3.21. The maximum absolute atomic E-state index is 12.1. The molecule has 2 nitrogen and oxygen atoms in total. The first-order valence-corrected chi connectivity index (χ1v) is 7.32. The van der Waals surface area contributed by atoms with E-state index >= 15 is 0 Å². The van der Waals surface area contributed by atoms with Gasteiger partial charge >= 0.3 is 6.18 Å². The number of hydrogen-bond acceptors (Lipinski definition) is 2. The van der Waals surface area contributed by atoms with Gasteiger partial charge in [0.05, 0.1) is 6.61 Å². The monoisotopic (exact) mass is 303 g/mol. The van der Waals surface area contributed by atoms with E-state index in [1.54, 1.807) is 0 Å². The topological polar surface area (TPSA) is 21.3 Å². The number of nitrogens with one attached hydrogen (secondary N) is 1. The summed E-state index contributed by atoms with van der Waals surface area (Å²) in [5.41, 5.74) is 0.871. The van der Waals surface area contributed by atoms with Crippen LogP contribution in [0.3, 0.4) is 0 Å². The zero-order valence-electron chi connectivity index (χ0n) is 12.8. The van der Waals surface area contributed by atoms with Crippen LogP contribution < -0.4 is 10.1 Å². The highest BCUT2D eigenvalue weighted by molar-refractivity contribution is 5.48. The van der Waals surface area contributed by atoms with Gasteiger partial charge in [-0.05, 0) is 37.8 Å². The molecule has 1 rings (SSSR count). The smallest absolute Gasteiger partial charge is 0.389 e. The summed E-state index contributed by atoms with van der Waals surface area (Å²) in [6, 6.07) is 7.51. The van der Waals surface area contributed by atoms with E-state index in [0.29, 0.717) is 18.9 Å². The lowest BCUT2D eigenvalue weighted by Gasteiger charge is -2.17. The first kappa shape index (κ1) is 17.7. The fourth-order valence-corrected chi connectivity index (χ4v) is 1.90. The van der Waals surface area contributed by atoms with Crippen molar-refractivity contribution in [1.82, 2.24) is 0 Å². The fraction of sp³-hybridized carbons (Fsp3) is 0.625. The second-order valence-corrected chi connectivity index (χ2v) is 5.79. The van der Waals surface area contributed by atoms with Crippen LogP contribution >= 0.6 is 0 Å². The quantitative estimate of drug-likeness (QED) is 0.707. The standard InChI is InChI=1S/C16H24F3NO/c1-12(2)11-21-15-8-4-7-14(10-15)20-13(3)6-5-9-16(17,18)19/h4,7-8,10,12-13,20H,5-6,9,11H2,1-3H3. The van der Waals surface area contributed by atoms with Gasteiger partial charge in [-0.2, -0.15) is 13.2 Å². The lowest BCUT2D eigenvalue weighted by Crippen LogP contribution is -2.16. The van der Waals surface area contributed by atoms with Crippen LogP contribution in [-0.4, -0.2) is 18.8 Å². The van der Waals surface area contributed by atoms with Crippen molar-refractivity contribution < 1.29 is 17.9 Å². The van der Waals surface area contributed by atoms with Gasteiger partial charge in [0.15, 0.2) is 0 Å². The van der Waals surface area contributed by atoms with Gasteiger partial charge in [0.2, 0.25) is 0 Å². The average molecular weight is 303 g/mol. The molecular weight excluding hydrogens is 279 g/mol. The summed E-state index contributed by atoms with van der Waals surface area (Å²) >= 11 is 0. The number of alkyl halides is 3. The lowest BCUT2D eigenvalue weighted by molar-refractivity contribution is -0.135. The highest BCUT2D eigenvalue weighted by atomic mass is 19.4. The number of anilines is 1. The molecule has 21 heavy (non-hydrogen) atoms. The van der Waals surface area contributed by atoms with Crippen LogP contribution in [0.15, 0.2) is 24.3 Å². The minimum absolute atomic E-state index is 0.00676. The highest BCUT2D eigenvalue weighted by Gasteiger charge is 2.26. The van der Waals surface area contributed by atoms with Crippen molar-refractivity contribution in [2.75, 3.05) is 11.9 Å². The van der Waals surface area contributed by atoms with Crippen molar-refractivity contribution >= 4 is 5.69 Å². The summed E-state index contributed by atoms with van der Waals surface area (Å²) in [6.45, 7) is 6.68. The number of benzene rings is 1. The Hall–Kier alpha value is -1.39. The molecular formula is C16H24F3NO. The lowest BCUT2D eigenvalue weighted by atomic mass is 10.1. The number of halogens is 3. The zero-order chi connectivity index (χ0) is 15.9. The van der Waals surface area contributed by atoms with Crippen LogP contribution in [0.2, 0.25) is 0 Å². The molecule has 0 fully saturated rings. The SMILES string of the molecule is CC(C)COc1cccc(NC(C)CCCC(F)(F)F)c1. The van der Waals surface area contributed by atoms with Gasteiger partial charge in [-0.25, -0.2) is 0 Å². The van der Waals surface area contributed by atoms with Gasteiger partial charge in [0.25, 0.3) is 0 Å². The Balaban J connectivity index is 2.41. The zero-order valence-corrected chi connectivity index (χ0v) is 12.8. The van der Waals surface area contributed by atoms with Gasteiger partial charge in [0, 0.05) is 24.2 Å². The number of rotatable bonds is 8. The third kappa shape index (κ3) is 8.48.